The zero-order valence-electron chi connectivity index (χ0n) is 20.4. The van der Waals surface area contributed by atoms with Gasteiger partial charge in [-0.15, -0.1) is 0 Å². The Morgan fingerprint density at radius 3 is 2.14 bits per heavy atom. The van der Waals surface area contributed by atoms with E-state index in [1.807, 2.05) is 0 Å². The molecule has 192 valence electrons. The Labute approximate surface area is 214 Å². The van der Waals surface area contributed by atoms with Crippen LogP contribution in [0.3, 0.4) is 0 Å². The van der Waals surface area contributed by atoms with Crippen molar-refractivity contribution in [2.75, 3.05) is 19.6 Å². The van der Waals surface area contributed by atoms with E-state index in [9.17, 15) is 24.8 Å². The van der Waals surface area contributed by atoms with Crippen LogP contribution in [0, 0.1) is 16.7 Å². The standard InChI is InChI=1S/C27H30N6O4/c28-14-20-2-1-11-33(20)23(29)15-32-10-9-27(26(36)37)21-7-5-18(24(30)34)12-16(21)3-4-17-13-19(25(31)35)6-8-22(17)27/h5-8,12-13,20,29,32H,1-4,9-11,15H2,(H2,30,34)(H2,31,35)(H,36,37). The monoisotopic (exact) mass is 502 g/mol. The fraction of sp³-hybridized carbons (Fsp3) is 0.370. The molecule has 2 aromatic carbocycles. The first-order valence-corrected chi connectivity index (χ1v) is 12.2. The summed E-state index contributed by atoms with van der Waals surface area (Å²) in [5.41, 5.74) is 12.6. The lowest BCUT2D eigenvalue weighted by Gasteiger charge is -2.33. The summed E-state index contributed by atoms with van der Waals surface area (Å²) in [7, 11) is 0. The number of rotatable bonds is 8. The van der Waals surface area contributed by atoms with Crippen LogP contribution in [0.15, 0.2) is 36.4 Å². The summed E-state index contributed by atoms with van der Waals surface area (Å²) in [6.07, 6.45) is 2.67. The number of likely N-dealkylation sites (tertiary alicyclic amines) is 1. The van der Waals surface area contributed by atoms with E-state index < -0.39 is 23.2 Å². The second-order valence-corrected chi connectivity index (χ2v) is 9.54. The van der Waals surface area contributed by atoms with Crippen LogP contribution in [0.5, 0.6) is 0 Å². The maximum absolute atomic E-state index is 13.1. The zero-order valence-corrected chi connectivity index (χ0v) is 20.4. The Morgan fingerprint density at radius 2 is 1.65 bits per heavy atom. The molecule has 0 radical (unpaired) electrons. The van der Waals surface area contributed by atoms with Crippen LogP contribution in [0.4, 0.5) is 0 Å². The number of nitrogens with one attached hydrogen (secondary N) is 2. The van der Waals surface area contributed by atoms with Gasteiger partial charge in [0.1, 0.15) is 17.3 Å². The predicted octanol–water partition coefficient (Wildman–Crippen LogP) is 1.30. The molecule has 4 rings (SSSR count). The molecule has 1 unspecified atom stereocenters. The van der Waals surface area contributed by atoms with E-state index in [4.69, 9.17) is 16.9 Å². The Hall–Kier alpha value is -4.23. The lowest BCUT2D eigenvalue weighted by Crippen LogP contribution is -2.43. The van der Waals surface area contributed by atoms with Gasteiger partial charge in [0.25, 0.3) is 0 Å². The third-order valence-electron chi connectivity index (χ3n) is 7.45. The number of fused-ring (bicyclic) bond motifs is 2. The average Bonchev–Trinajstić information content (AvgIpc) is 3.31. The molecule has 2 amide bonds. The molecule has 1 aliphatic heterocycles. The highest BCUT2D eigenvalue weighted by Gasteiger charge is 2.46. The summed E-state index contributed by atoms with van der Waals surface area (Å²) < 4.78 is 0. The fourth-order valence-electron chi connectivity index (χ4n) is 5.57. The molecular formula is C27H30N6O4. The summed E-state index contributed by atoms with van der Waals surface area (Å²) in [6.45, 7) is 1.13. The Kier molecular flexibility index (Phi) is 7.27. The van der Waals surface area contributed by atoms with Gasteiger partial charge >= 0.3 is 5.97 Å². The number of aryl methyl sites for hydroxylation is 2. The van der Waals surface area contributed by atoms with Gasteiger partial charge in [-0.05, 0) is 85.2 Å². The number of nitrogens with zero attached hydrogens (tertiary/aromatic N) is 2. The number of aliphatic carboxylic acids is 1. The normalized spacial score (nSPS) is 17.7. The van der Waals surface area contributed by atoms with Crippen molar-refractivity contribution in [3.8, 4) is 6.07 Å². The highest BCUT2D eigenvalue weighted by Crippen LogP contribution is 2.43. The molecule has 10 heteroatoms. The highest BCUT2D eigenvalue weighted by molar-refractivity contribution is 5.95. The van der Waals surface area contributed by atoms with Crippen molar-refractivity contribution in [1.29, 1.82) is 10.7 Å². The van der Waals surface area contributed by atoms with Gasteiger partial charge in [0.05, 0.1) is 12.6 Å². The number of hydrogen-bond donors (Lipinski definition) is 5. The summed E-state index contributed by atoms with van der Waals surface area (Å²) in [6, 6.07) is 11.6. The van der Waals surface area contributed by atoms with Crippen LogP contribution in [0.25, 0.3) is 0 Å². The molecule has 10 nitrogen and oxygen atoms in total. The van der Waals surface area contributed by atoms with Gasteiger partial charge in [-0.1, -0.05) is 12.1 Å². The number of primary amides is 2. The number of amides is 2. The topological polar surface area (TPSA) is 186 Å². The van der Waals surface area contributed by atoms with E-state index in [0.29, 0.717) is 58.6 Å². The molecule has 1 saturated heterocycles. The minimum atomic E-state index is -1.47. The zero-order chi connectivity index (χ0) is 26.7. The van der Waals surface area contributed by atoms with E-state index >= 15 is 0 Å². The van der Waals surface area contributed by atoms with Crippen molar-refractivity contribution in [3.05, 3.63) is 69.8 Å². The SMILES string of the molecule is N#CC1CCCN1C(=N)CNCCC1(C(=O)O)c2ccc(C(N)=O)cc2CCc2cc(C(N)=O)ccc21. The van der Waals surface area contributed by atoms with Crippen LogP contribution >= 0.6 is 0 Å². The Morgan fingerprint density at radius 1 is 1.08 bits per heavy atom. The third kappa shape index (κ3) is 4.78. The molecule has 2 aromatic rings. The first-order chi connectivity index (χ1) is 17.7. The van der Waals surface area contributed by atoms with Crippen molar-refractivity contribution < 1.29 is 19.5 Å². The molecule has 0 bridgehead atoms. The Bertz CT molecular complexity index is 1250. The number of carboxylic acid groups (broad SMARTS) is 1. The van der Waals surface area contributed by atoms with Gasteiger partial charge in [-0.25, -0.2) is 0 Å². The van der Waals surface area contributed by atoms with E-state index in [2.05, 4.69) is 11.4 Å². The first kappa shape index (κ1) is 25.9. The predicted molar refractivity (Wildman–Crippen MR) is 136 cm³/mol. The van der Waals surface area contributed by atoms with E-state index in [0.717, 1.165) is 12.8 Å². The summed E-state index contributed by atoms with van der Waals surface area (Å²) >= 11 is 0. The molecule has 1 atom stereocenters. The second kappa shape index (κ2) is 10.4. The van der Waals surface area contributed by atoms with Gasteiger partial charge in [0.2, 0.25) is 11.8 Å². The van der Waals surface area contributed by atoms with Gasteiger partial charge in [0.15, 0.2) is 0 Å². The van der Waals surface area contributed by atoms with Gasteiger partial charge in [-0.2, -0.15) is 5.26 Å². The second-order valence-electron chi connectivity index (χ2n) is 9.54. The number of carbonyl (C=O) groups excluding carboxylic acids is 2. The molecule has 1 heterocycles. The third-order valence-corrected chi connectivity index (χ3v) is 7.45. The molecule has 2 aliphatic rings. The van der Waals surface area contributed by atoms with E-state index in [1.165, 1.54) is 0 Å². The molecule has 0 saturated carbocycles. The first-order valence-electron chi connectivity index (χ1n) is 12.2. The van der Waals surface area contributed by atoms with Gasteiger partial charge in [-0.3, -0.25) is 19.8 Å². The van der Waals surface area contributed by atoms with Crippen LogP contribution < -0.4 is 16.8 Å². The number of hydrogen-bond acceptors (Lipinski definition) is 6. The van der Waals surface area contributed by atoms with Crippen LogP contribution in [0.1, 0.15) is 62.2 Å². The fourth-order valence-corrected chi connectivity index (χ4v) is 5.57. The lowest BCUT2D eigenvalue weighted by atomic mass is 9.69. The van der Waals surface area contributed by atoms with E-state index in [1.54, 1.807) is 41.3 Å². The Balaban J connectivity index is 1.69. The molecule has 0 aromatic heterocycles. The van der Waals surface area contributed by atoms with Crippen molar-refractivity contribution in [2.45, 2.75) is 43.6 Å². The molecule has 7 N–H and O–H groups in total. The molecular weight excluding hydrogens is 472 g/mol. The highest BCUT2D eigenvalue weighted by atomic mass is 16.4. The number of carboxylic acids is 1. The van der Waals surface area contributed by atoms with Crippen LogP contribution in [-0.4, -0.2) is 59.3 Å². The van der Waals surface area contributed by atoms with Crippen molar-refractivity contribution in [1.82, 2.24) is 10.2 Å². The number of nitriles is 1. The molecule has 1 aliphatic carbocycles. The van der Waals surface area contributed by atoms with Crippen LogP contribution in [0.2, 0.25) is 0 Å². The minimum absolute atomic E-state index is 0.156. The maximum atomic E-state index is 13.1. The van der Waals surface area contributed by atoms with Crippen molar-refractivity contribution in [3.63, 3.8) is 0 Å². The summed E-state index contributed by atoms with van der Waals surface area (Å²) in [5.74, 6) is -1.96. The van der Waals surface area contributed by atoms with Crippen LogP contribution in [-0.2, 0) is 23.1 Å². The number of nitrogens with two attached hydrogens (primary N) is 2. The molecule has 0 spiro atoms. The van der Waals surface area contributed by atoms with Gasteiger partial charge in [0, 0.05) is 17.7 Å². The number of carbonyl (C=O) groups is 3. The number of benzene rings is 2. The quantitative estimate of drug-likeness (QED) is 0.204. The smallest absolute Gasteiger partial charge is 0.318 e. The average molecular weight is 503 g/mol. The summed E-state index contributed by atoms with van der Waals surface area (Å²) in [5, 5.41) is 31.6. The number of amidine groups is 1. The van der Waals surface area contributed by atoms with Crippen molar-refractivity contribution >= 4 is 23.6 Å². The summed E-state index contributed by atoms with van der Waals surface area (Å²) in [4.78, 5) is 38.6. The molecule has 37 heavy (non-hydrogen) atoms. The van der Waals surface area contributed by atoms with E-state index in [-0.39, 0.29) is 25.6 Å². The molecule has 1 fully saturated rings. The van der Waals surface area contributed by atoms with Crippen molar-refractivity contribution in [2.24, 2.45) is 11.5 Å². The largest absolute Gasteiger partial charge is 0.480 e. The van der Waals surface area contributed by atoms with Gasteiger partial charge < -0.3 is 26.8 Å². The lowest BCUT2D eigenvalue weighted by molar-refractivity contribution is -0.142. The minimum Gasteiger partial charge on any atom is -0.480 e. The maximum Gasteiger partial charge on any atom is 0.318 e.